The maximum absolute atomic E-state index is 11.7. The number of aromatic amines is 1. The zero-order valence-corrected chi connectivity index (χ0v) is 9.90. The van der Waals surface area contributed by atoms with Crippen LogP contribution in [-0.4, -0.2) is 16.5 Å². The van der Waals surface area contributed by atoms with E-state index in [-0.39, 0.29) is 5.78 Å². The van der Waals surface area contributed by atoms with Gasteiger partial charge in [0.25, 0.3) is 0 Å². The molecular formula is C10H11N2OS2+. The zero-order chi connectivity index (χ0) is 10.7. The Bertz CT molecular complexity index is 448. The number of aryl methyl sites for hydroxylation is 1. The van der Waals surface area contributed by atoms with Gasteiger partial charge in [0.2, 0.25) is 0 Å². The maximum Gasteiger partial charge on any atom is 0.315 e. The van der Waals surface area contributed by atoms with Crippen molar-refractivity contribution in [2.45, 2.75) is 5.16 Å². The zero-order valence-electron chi connectivity index (χ0n) is 8.27. The van der Waals surface area contributed by atoms with Crippen molar-refractivity contribution in [3.63, 3.8) is 0 Å². The van der Waals surface area contributed by atoms with Gasteiger partial charge in [0, 0.05) is 0 Å². The van der Waals surface area contributed by atoms with E-state index in [1.165, 1.54) is 23.1 Å². The molecule has 78 valence electrons. The minimum absolute atomic E-state index is 0.185. The fourth-order valence-corrected chi connectivity index (χ4v) is 2.77. The number of hydrogen-bond donors (Lipinski definition) is 1. The molecule has 0 aliphatic carbocycles. The molecule has 0 bridgehead atoms. The number of carbonyl (C=O) groups excluding carboxylic acids is 1. The molecule has 0 saturated carbocycles. The third-order valence-electron chi connectivity index (χ3n) is 1.96. The van der Waals surface area contributed by atoms with Crippen molar-refractivity contribution in [2.24, 2.45) is 7.05 Å². The average Bonchev–Trinajstić information content (AvgIpc) is 2.85. The van der Waals surface area contributed by atoms with E-state index in [2.05, 4.69) is 4.98 Å². The molecule has 5 heteroatoms. The summed E-state index contributed by atoms with van der Waals surface area (Å²) in [6.07, 6.45) is 3.79. The van der Waals surface area contributed by atoms with Crippen LogP contribution in [-0.2, 0) is 7.05 Å². The average molecular weight is 239 g/mol. The van der Waals surface area contributed by atoms with Crippen molar-refractivity contribution >= 4 is 28.9 Å². The SMILES string of the molecule is C[n+]1cc[nH]c1SCC(=O)c1cccs1. The fraction of sp³-hybridized carbons (Fsp3) is 0.200. The molecule has 2 aromatic heterocycles. The second kappa shape index (κ2) is 4.63. The highest BCUT2D eigenvalue weighted by Gasteiger charge is 2.12. The highest BCUT2D eigenvalue weighted by molar-refractivity contribution is 7.99. The van der Waals surface area contributed by atoms with E-state index in [0.717, 1.165) is 10.0 Å². The van der Waals surface area contributed by atoms with Crippen molar-refractivity contribution in [3.05, 3.63) is 34.8 Å². The smallest absolute Gasteiger partial charge is 0.292 e. The number of nitrogens with zero attached hydrogens (tertiary/aromatic N) is 1. The first-order valence-electron chi connectivity index (χ1n) is 4.50. The number of carbonyl (C=O) groups is 1. The first-order valence-corrected chi connectivity index (χ1v) is 6.36. The number of ketones is 1. The Labute approximate surface area is 96.1 Å². The van der Waals surface area contributed by atoms with Gasteiger partial charge in [0.1, 0.15) is 12.4 Å². The first kappa shape index (κ1) is 10.4. The summed E-state index contributed by atoms with van der Waals surface area (Å²) in [5.74, 6) is 0.666. The maximum atomic E-state index is 11.7. The summed E-state index contributed by atoms with van der Waals surface area (Å²) in [4.78, 5) is 15.6. The van der Waals surface area contributed by atoms with Crippen LogP contribution in [0.1, 0.15) is 9.67 Å². The topological polar surface area (TPSA) is 36.7 Å². The Morgan fingerprint density at radius 2 is 2.53 bits per heavy atom. The largest absolute Gasteiger partial charge is 0.315 e. The van der Waals surface area contributed by atoms with Gasteiger partial charge in [-0.05, 0) is 23.2 Å². The molecule has 2 heterocycles. The van der Waals surface area contributed by atoms with Gasteiger partial charge in [-0.15, -0.1) is 11.3 Å². The number of Topliss-reactive ketones (excluding diaryl/α,β-unsaturated/α-hetero) is 1. The molecule has 0 spiro atoms. The van der Waals surface area contributed by atoms with Crippen LogP contribution < -0.4 is 4.57 Å². The standard InChI is InChI=1S/C10H10N2OS2/c1-12-5-4-11-10(12)15-7-8(13)9-3-2-6-14-9/h2-6H,7H2,1H3/p+1. The molecule has 0 saturated heterocycles. The lowest BCUT2D eigenvalue weighted by atomic mass is 10.4. The lowest BCUT2D eigenvalue weighted by Gasteiger charge is -1.94. The van der Waals surface area contributed by atoms with Crippen LogP contribution >= 0.6 is 23.1 Å². The normalized spacial score (nSPS) is 10.5. The van der Waals surface area contributed by atoms with Gasteiger partial charge in [-0.25, -0.2) is 9.55 Å². The fourth-order valence-electron chi connectivity index (χ4n) is 1.18. The van der Waals surface area contributed by atoms with E-state index in [4.69, 9.17) is 0 Å². The van der Waals surface area contributed by atoms with Gasteiger partial charge in [0.15, 0.2) is 5.78 Å². The van der Waals surface area contributed by atoms with Crippen LogP contribution in [0.15, 0.2) is 35.1 Å². The Morgan fingerprint density at radius 1 is 1.67 bits per heavy atom. The predicted octanol–water partition coefficient (Wildman–Crippen LogP) is 1.88. The quantitative estimate of drug-likeness (QED) is 0.502. The van der Waals surface area contributed by atoms with E-state index in [0.29, 0.717) is 5.75 Å². The van der Waals surface area contributed by atoms with Crippen LogP contribution in [0.2, 0.25) is 0 Å². The molecule has 0 unspecified atom stereocenters. The van der Waals surface area contributed by atoms with E-state index in [1.54, 1.807) is 0 Å². The van der Waals surface area contributed by atoms with E-state index in [9.17, 15) is 4.79 Å². The molecule has 0 aliphatic rings. The molecular weight excluding hydrogens is 228 g/mol. The number of hydrogen-bond acceptors (Lipinski definition) is 3. The van der Waals surface area contributed by atoms with Gasteiger partial charge in [-0.1, -0.05) is 6.07 Å². The van der Waals surface area contributed by atoms with E-state index >= 15 is 0 Å². The van der Waals surface area contributed by atoms with E-state index in [1.807, 2.05) is 41.5 Å². The molecule has 2 aromatic rings. The number of rotatable bonds is 4. The molecule has 3 nitrogen and oxygen atoms in total. The van der Waals surface area contributed by atoms with Crippen molar-refractivity contribution in [1.29, 1.82) is 0 Å². The molecule has 0 aliphatic heterocycles. The lowest BCUT2D eigenvalue weighted by Crippen LogP contribution is -2.27. The Kier molecular flexibility index (Phi) is 3.23. The van der Waals surface area contributed by atoms with Crippen LogP contribution in [0, 0.1) is 0 Å². The van der Waals surface area contributed by atoms with Crippen LogP contribution in [0.3, 0.4) is 0 Å². The summed E-state index contributed by atoms with van der Waals surface area (Å²) >= 11 is 3.02. The van der Waals surface area contributed by atoms with Gasteiger partial charge in [-0.2, -0.15) is 0 Å². The van der Waals surface area contributed by atoms with Crippen LogP contribution in [0.25, 0.3) is 0 Å². The summed E-state index contributed by atoms with van der Waals surface area (Å²) < 4.78 is 1.96. The Morgan fingerprint density at radius 3 is 3.13 bits per heavy atom. The van der Waals surface area contributed by atoms with Crippen molar-refractivity contribution < 1.29 is 9.36 Å². The summed E-state index contributed by atoms with van der Waals surface area (Å²) in [5, 5.41) is 2.92. The van der Waals surface area contributed by atoms with Crippen molar-refractivity contribution in [1.82, 2.24) is 4.98 Å². The molecule has 0 aromatic carbocycles. The van der Waals surface area contributed by atoms with E-state index < -0.39 is 0 Å². The van der Waals surface area contributed by atoms with Gasteiger partial charge in [-0.3, -0.25) is 4.79 Å². The molecule has 2 rings (SSSR count). The molecule has 0 radical (unpaired) electrons. The Balaban J connectivity index is 1.95. The lowest BCUT2D eigenvalue weighted by molar-refractivity contribution is -0.708. The number of aromatic nitrogens is 2. The van der Waals surface area contributed by atoms with Crippen molar-refractivity contribution in [3.8, 4) is 0 Å². The van der Waals surface area contributed by atoms with Gasteiger partial charge >= 0.3 is 5.16 Å². The number of imidazole rings is 1. The molecule has 1 N–H and O–H groups in total. The molecule has 0 amide bonds. The predicted molar refractivity (Wildman–Crippen MR) is 61.3 cm³/mol. The number of thioether (sulfide) groups is 1. The summed E-state index contributed by atoms with van der Waals surface area (Å²) in [6, 6.07) is 3.76. The summed E-state index contributed by atoms with van der Waals surface area (Å²) in [5.41, 5.74) is 0. The third kappa shape index (κ3) is 2.49. The minimum Gasteiger partial charge on any atom is -0.292 e. The monoisotopic (exact) mass is 239 g/mol. The van der Waals surface area contributed by atoms with Crippen LogP contribution in [0.5, 0.6) is 0 Å². The van der Waals surface area contributed by atoms with Crippen molar-refractivity contribution in [2.75, 3.05) is 5.75 Å². The highest BCUT2D eigenvalue weighted by Crippen LogP contribution is 2.16. The molecule has 0 atom stereocenters. The first-order chi connectivity index (χ1) is 7.27. The summed E-state index contributed by atoms with van der Waals surface area (Å²) in [6.45, 7) is 0. The number of nitrogens with one attached hydrogen (secondary N) is 1. The number of H-pyrrole nitrogens is 1. The number of thiophene rings is 1. The second-order valence-electron chi connectivity index (χ2n) is 3.07. The Hall–Kier alpha value is -1.07. The van der Waals surface area contributed by atoms with Gasteiger partial charge in [0.05, 0.1) is 17.7 Å². The highest BCUT2D eigenvalue weighted by atomic mass is 32.2. The minimum atomic E-state index is 0.185. The third-order valence-corrected chi connectivity index (χ3v) is 3.96. The second-order valence-corrected chi connectivity index (χ2v) is 4.98. The van der Waals surface area contributed by atoms with Crippen LogP contribution in [0.4, 0.5) is 0 Å². The summed E-state index contributed by atoms with van der Waals surface area (Å²) in [7, 11) is 1.95. The molecule has 15 heavy (non-hydrogen) atoms. The molecule has 0 fully saturated rings. The van der Waals surface area contributed by atoms with Gasteiger partial charge < -0.3 is 0 Å².